The minimum atomic E-state index is -4.91. The number of ether oxygens (including phenoxy) is 1. The van der Waals surface area contributed by atoms with Crippen LogP contribution in [-0.4, -0.2) is 47.8 Å². The number of amides is 3. The van der Waals surface area contributed by atoms with Gasteiger partial charge in [-0.2, -0.15) is 17.6 Å². The van der Waals surface area contributed by atoms with Crippen LogP contribution < -0.4 is 20.7 Å². The number of ketones is 1. The number of urea groups is 1. The van der Waals surface area contributed by atoms with E-state index < -0.39 is 35.7 Å². The second kappa shape index (κ2) is 17.6. The largest absolute Gasteiger partial charge is 0.461 e. The Balaban J connectivity index is 1.55. The molecule has 0 unspecified atom stereocenters. The zero-order valence-corrected chi connectivity index (χ0v) is 28.3. The number of pyridine rings is 1. The first-order chi connectivity index (χ1) is 23.8. The van der Waals surface area contributed by atoms with Gasteiger partial charge in [0.05, 0.1) is 10.7 Å². The van der Waals surface area contributed by atoms with Crippen LogP contribution in [0.2, 0.25) is 5.02 Å². The molecule has 3 aromatic rings. The van der Waals surface area contributed by atoms with Gasteiger partial charge in [-0.25, -0.2) is 9.18 Å². The van der Waals surface area contributed by atoms with E-state index >= 15 is 4.39 Å². The summed E-state index contributed by atoms with van der Waals surface area (Å²) in [7, 11) is 0. The predicted molar refractivity (Wildman–Crippen MR) is 178 cm³/mol. The molecule has 270 valence electrons. The van der Waals surface area contributed by atoms with Gasteiger partial charge >= 0.3 is 18.6 Å². The van der Waals surface area contributed by atoms with Gasteiger partial charge in [0.15, 0.2) is 0 Å². The number of Topliss-reactive ketones (excluding diaryl/α,β-unsaturated/α-hetero) is 1. The van der Waals surface area contributed by atoms with E-state index in [0.29, 0.717) is 50.3 Å². The van der Waals surface area contributed by atoms with E-state index in [1.165, 1.54) is 18.3 Å². The molecule has 0 bridgehead atoms. The first kappa shape index (κ1) is 38.5. The molecule has 1 aromatic heterocycles. The molecular weight excluding hydrogens is 683 g/mol. The Hall–Kier alpha value is -4.26. The number of nitrogens with one attached hydrogen (secondary N) is 3. The molecule has 1 fully saturated rings. The summed E-state index contributed by atoms with van der Waals surface area (Å²) in [6.45, 7) is 2.07. The van der Waals surface area contributed by atoms with Gasteiger partial charge in [-0.15, -0.1) is 0 Å². The number of rotatable bonds is 16. The van der Waals surface area contributed by atoms with Gasteiger partial charge in [-0.1, -0.05) is 48.4 Å². The van der Waals surface area contributed by atoms with Crippen molar-refractivity contribution < 1.29 is 41.1 Å². The van der Waals surface area contributed by atoms with Crippen molar-refractivity contribution in [2.24, 2.45) is 5.92 Å². The summed E-state index contributed by atoms with van der Waals surface area (Å²) in [6, 6.07) is 13.2. The molecule has 3 amide bonds. The number of hydrogen-bond acceptors (Lipinski definition) is 5. The molecule has 1 heterocycles. The van der Waals surface area contributed by atoms with E-state index in [1.807, 2.05) is 0 Å². The Kier molecular flexibility index (Phi) is 13.6. The number of aromatic nitrogens is 1. The average molecular weight is 723 g/mol. The first-order valence-corrected chi connectivity index (χ1v) is 16.8. The molecule has 2 aromatic carbocycles. The number of nitrogens with zero attached hydrogens (tertiary/aromatic N) is 1. The Morgan fingerprint density at radius 2 is 1.70 bits per heavy atom. The molecule has 0 radical (unpaired) electrons. The van der Waals surface area contributed by atoms with Crippen LogP contribution in [0.25, 0.3) is 0 Å². The van der Waals surface area contributed by atoms with Crippen molar-refractivity contribution in [1.29, 1.82) is 0 Å². The van der Waals surface area contributed by atoms with Gasteiger partial charge in [-0.3, -0.25) is 9.78 Å². The molecule has 3 N–H and O–H groups in total. The number of unbranched alkanes of at least 4 members (excludes halogenated alkanes) is 2. The summed E-state index contributed by atoms with van der Waals surface area (Å²) in [5.74, 6) is -2.10. The quantitative estimate of drug-likeness (QED) is 0.104. The average Bonchev–Trinajstić information content (AvgIpc) is 3.06. The van der Waals surface area contributed by atoms with Crippen molar-refractivity contribution in [2.75, 3.05) is 6.54 Å². The van der Waals surface area contributed by atoms with Crippen LogP contribution in [0.3, 0.4) is 0 Å². The number of benzene rings is 2. The third-order valence-electron chi connectivity index (χ3n) is 8.61. The molecule has 1 aliphatic rings. The van der Waals surface area contributed by atoms with E-state index in [-0.39, 0.29) is 46.4 Å². The van der Waals surface area contributed by atoms with Crippen LogP contribution in [0.5, 0.6) is 5.75 Å². The van der Waals surface area contributed by atoms with Crippen molar-refractivity contribution in [1.82, 2.24) is 20.9 Å². The Morgan fingerprint density at radius 3 is 2.34 bits per heavy atom. The van der Waals surface area contributed by atoms with Crippen molar-refractivity contribution in [2.45, 2.75) is 88.8 Å². The van der Waals surface area contributed by atoms with E-state index in [2.05, 4.69) is 25.7 Å². The lowest BCUT2D eigenvalue weighted by Gasteiger charge is -2.37. The fourth-order valence-corrected chi connectivity index (χ4v) is 6.18. The molecule has 8 nitrogen and oxygen atoms in total. The Labute approximate surface area is 292 Å². The fourth-order valence-electron chi connectivity index (χ4n) is 6.07. The fraction of sp³-hybridized carbons (Fsp3) is 0.444. The van der Waals surface area contributed by atoms with Gasteiger partial charge in [0.2, 0.25) is 5.91 Å². The minimum absolute atomic E-state index is 0.0586. The summed E-state index contributed by atoms with van der Waals surface area (Å²) in [4.78, 5) is 42.0. The number of halogens is 6. The zero-order valence-electron chi connectivity index (χ0n) is 27.5. The van der Waals surface area contributed by atoms with Crippen molar-refractivity contribution in [3.63, 3.8) is 0 Å². The predicted octanol–water partition coefficient (Wildman–Crippen LogP) is 7.72. The van der Waals surface area contributed by atoms with E-state index in [1.54, 1.807) is 37.3 Å². The summed E-state index contributed by atoms with van der Waals surface area (Å²) >= 11 is 6.11. The molecule has 4 rings (SSSR count). The number of alkyl halides is 4. The molecule has 1 saturated carbocycles. The summed E-state index contributed by atoms with van der Waals surface area (Å²) < 4.78 is 73.3. The highest BCUT2D eigenvalue weighted by molar-refractivity contribution is 6.30. The Morgan fingerprint density at radius 1 is 0.980 bits per heavy atom. The van der Waals surface area contributed by atoms with Gasteiger partial charge in [0.1, 0.15) is 22.9 Å². The summed E-state index contributed by atoms with van der Waals surface area (Å²) in [5.41, 5.74) is -1.05. The van der Waals surface area contributed by atoms with Crippen LogP contribution in [0.1, 0.15) is 75.1 Å². The molecule has 1 aliphatic carbocycles. The lowest BCUT2D eigenvalue weighted by Crippen LogP contribution is -2.55. The van der Waals surface area contributed by atoms with Gasteiger partial charge in [0.25, 0.3) is 0 Å². The minimum Gasteiger partial charge on any atom is -0.428 e. The SMILES string of the molecule is CC(=O)CCCCCNC(=O)C1CCC(NC(=O)N[C@@](Cc2ccccc2)(c2cc(F)cc(OC(F)(F)C(F)F)c2)c2ccc(Cl)cn2)CC1. The second-order valence-electron chi connectivity index (χ2n) is 12.5. The van der Waals surface area contributed by atoms with E-state index in [9.17, 15) is 31.9 Å². The van der Waals surface area contributed by atoms with E-state index in [0.717, 1.165) is 31.4 Å². The molecule has 50 heavy (non-hydrogen) atoms. The van der Waals surface area contributed by atoms with E-state index in [4.69, 9.17) is 11.6 Å². The highest BCUT2D eigenvalue weighted by Crippen LogP contribution is 2.37. The summed E-state index contributed by atoms with van der Waals surface area (Å²) in [5, 5.41) is 9.01. The Bertz CT molecular complexity index is 1590. The maximum atomic E-state index is 15.1. The van der Waals surface area contributed by atoms with Crippen LogP contribution in [0, 0.1) is 11.7 Å². The van der Waals surface area contributed by atoms with Crippen molar-refractivity contribution in [3.8, 4) is 5.75 Å². The maximum Gasteiger partial charge on any atom is 0.461 e. The molecule has 1 atom stereocenters. The molecule has 0 saturated heterocycles. The smallest absolute Gasteiger partial charge is 0.428 e. The maximum absolute atomic E-state index is 15.1. The van der Waals surface area contributed by atoms with Crippen molar-refractivity contribution >= 4 is 29.3 Å². The highest BCUT2D eigenvalue weighted by Gasteiger charge is 2.45. The third-order valence-corrected chi connectivity index (χ3v) is 8.84. The van der Waals surface area contributed by atoms with Gasteiger partial charge < -0.3 is 25.5 Å². The highest BCUT2D eigenvalue weighted by atomic mass is 35.5. The van der Waals surface area contributed by atoms with Crippen LogP contribution in [-0.2, 0) is 21.5 Å². The summed E-state index contributed by atoms with van der Waals surface area (Å²) in [6.07, 6.45) is -2.89. The lowest BCUT2D eigenvalue weighted by atomic mass is 9.80. The van der Waals surface area contributed by atoms with Crippen LogP contribution in [0.15, 0.2) is 66.9 Å². The van der Waals surface area contributed by atoms with Crippen LogP contribution >= 0.6 is 11.6 Å². The zero-order chi connectivity index (χ0) is 36.3. The normalized spacial score (nSPS) is 17.4. The molecule has 0 spiro atoms. The standard InChI is InChI=1S/C36H40ClF5N4O4/c1-23(47)8-4-3-7-17-43-32(48)25-11-14-29(15-12-25)45-34(49)46-35(21-24-9-5-2-6-10-24,31-16-13-27(37)22-44-31)26-18-28(38)20-30(19-26)50-36(41,42)33(39)40/h2,5-6,9-10,13,16,18-20,22,25,29,33H,3-4,7-8,11-12,14-15,17,21H2,1H3,(H,43,48)(H2,45,46,49)/t25?,29?,35-/m0/s1. The number of carbonyl (C=O) groups excluding carboxylic acids is 3. The van der Waals surface area contributed by atoms with Crippen molar-refractivity contribution in [3.05, 3.63) is 94.5 Å². The van der Waals surface area contributed by atoms with Gasteiger partial charge in [0, 0.05) is 43.6 Å². The van der Waals surface area contributed by atoms with Crippen LogP contribution in [0.4, 0.5) is 26.7 Å². The van der Waals surface area contributed by atoms with Gasteiger partial charge in [-0.05, 0) is 80.8 Å². The topological polar surface area (TPSA) is 109 Å². The third kappa shape index (κ3) is 10.9. The molecular formula is C36H40ClF5N4O4. The lowest BCUT2D eigenvalue weighted by molar-refractivity contribution is -0.253. The number of hydrogen-bond donors (Lipinski definition) is 3. The number of carbonyl (C=O) groups is 3. The molecule has 0 aliphatic heterocycles. The monoisotopic (exact) mass is 722 g/mol. The molecule has 14 heteroatoms. The first-order valence-electron chi connectivity index (χ1n) is 16.5. The second-order valence-corrected chi connectivity index (χ2v) is 13.0.